The number of benzene rings is 2. The van der Waals surface area contributed by atoms with Crippen LogP contribution in [0, 0.1) is 0 Å². The lowest BCUT2D eigenvalue weighted by molar-refractivity contribution is 0.118. The molecule has 0 unspecified atom stereocenters. The van der Waals surface area contributed by atoms with Crippen molar-refractivity contribution in [1.82, 2.24) is 4.98 Å². The van der Waals surface area contributed by atoms with Crippen molar-refractivity contribution in [3.05, 3.63) is 75.7 Å². The number of aromatic amines is 1. The number of rotatable bonds is 4. The van der Waals surface area contributed by atoms with Crippen LogP contribution in [-0.4, -0.2) is 17.6 Å². The van der Waals surface area contributed by atoms with E-state index in [-0.39, 0.29) is 17.1 Å². The highest BCUT2D eigenvalue weighted by Crippen LogP contribution is 2.40. The Morgan fingerprint density at radius 1 is 1.15 bits per heavy atom. The van der Waals surface area contributed by atoms with Gasteiger partial charge in [-0.2, -0.15) is 0 Å². The summed E-state index contributed by atoms with van der Waals surface area (Å²) < 4.78 is 6.22. The van der Waals surface area contributed by atoms with Crippen LogP contribution in [0.4, 0.5) is 0 Å². The van der Waals surface area contributed by atoms with Crippen LogP contribution < -0.4 is 16.0 Å². The second-order valence-corrected chi connectivity index (χ2v) is 7.75. The molecule has 1 saturated carbocycles. The maximum Gasteiger partial charge on any atom is 0.255 e. The number of pyridine rings is 1. The van der Waals surface area contributed by atoms with Crippen LogP contribution in [0.3, 0.4) is 0 Å². The maximum absolute atomic E-state index is 11.9. The van der Waals surface area contributed by atoms with Crippen molar-refractivity contribution in [2.24, 2.45) is 5.73 Å². The van der Waals surface area contributed by atoms with Crippen LogP contribution in [0.15, 0.2) is 59.5 Å². The van der Waals surface area contributed by atoms with E-state index in [9.17, 15) is 4.79 Å². The number of hydrogen-bond donors (Lipinski definition) is 2. The molecule has 0 saturated heterocycles. The highest BCUT2D eigenvalue weighted by molar-refractivity contribution is 6.32. The van der Waals surface area contributed by atoms with E-state index < -0.39 is 0 Å². The Labute approximate surface area is 163 Å². The van der Waals surface area contributed by atoms with Gasteiger partial charge in [0.1, 0.15) is 5.75 Å². The molecule has 0 atom stereocenters. The lowest BCUT2D eigenvalue weighted by atomic mass is 9.69. The molecule has 3 N–H and O–H groups in total. The quantitative estimate of drug-likeness (QED) is 0.702. The third kappa shape index (κ3) is 3.47. The van der Waals surface area contributed by atoms with Crippen molar-refractivity contribution in [2.75, 3.05) is 6.54 Å². The van der Waals surface area contributed by atoms with E-state index >= 15 is 0 Å². The molecule has 0 radical (unpaired) electrons. The second kappa shape index (κ2) is 7.37. The van der Waals surface area contributed by atoms with Gasteiger partial charge in [0.2, 0.25) is 0 Å². The third-order valence-corrected chi connectivity index (χ3v) is 6.08. The molecule has 3 aromatic rings. The lowest BCUT2D eigenvalue weighted by Gasteiger charge is -2.40. The standard InChI is InChI=1S/C22H23ClN2O2/c23-19-13-18-15(8-11-25-21(18)26)12-20(19)27-17-6-9-22(14-24,10-7-17)16-4-2-1-3-5-16/h1-5,8,11-13,17H,6-7,9-10,14,24H2,(H,25,26). The highest BCUT2D eigenvalue weighted by Gasteiger charge is 2.36. The van der Waals surface area contributed by atoms with E-state index in [4.69, 9.17) is 22.1 Å². The van der Waals surface area contributed by atoms with Gasteiger partial charge in [-0.05, 0) is 54.8 Å². The summed E-state index contributed by atoms with van der Waals surface area (Å²) in [5.41, 5.74) is 7.37. The van der Waals surface area contributed by atoms with Crippen molar-refractivity contribution in [3.8, 4) is 5.75 Å². The monoisotopic (exact) mass is 382 g/mol. The average molecular weight is 383 g/mol. The van der Waals surface area contributed by atoms with Crippen molar-refractivity contribution < 1.29 is 4.74 Å². The normalized spacial score (nSPS) is 22.7. The van der Waals surface area contributed by atoms with Gasteiger partial charge in [-0.3, -0.25) is 4.79 Å². The largest absolute Gasteiger partial charge is 0.489 e. The minimum Gasteiger partial charge on any atom is -0.489 e. The number of aromatic nitrogens is 1. The van der Waals surface area contributed by atoms with Crippen molar-refractivity contribution in [3.63, 3.8) is 0 Å². The Balaban J connectivity index is 1.52. The molecular formula is C22H23ClN2O2. The Morgan fingerprint density at radius 3 is 2.59 bits per heavy atom. The Morgan fingerprint density at radius 2 is 1.89 bits per heavy atom. The molecule has 5 heteroatoms. The summed E-state index contributed by atoms with van der Waals surface area (Å²) in [6.07, 6.45) is 5.57. The number of H-pyrrole nitrogens is 1. The van der Waals surface area contributed by atoms with Crippen LogP contribution >= 0.6 is 11.6 Å². The van der Waals surface area contributed by atoms with Gasteiger partial charge < -0.3 is 15.5 Å². The van der Waals surface area contributed by atoms with Gasteiger partial charge in [-0.25, -0.2) is 0 Å². The van der Waals surface area contributed by atoms with Crippen molar-refractivity contribution in [1.29, 1.82) is 0 Å². The molecule has 0 bridgehead atoms. The summed E-state index contributed by atoms with van der Waals surface area (Å²) >= 11 is 6.38. The van der Waals surface area contributed by atoms with Crippen LogP contribution in [0.25, 0.3) is 10.8 Å². The van der Waals surface area contributed by atoms with Gasteiger partial charge >= 0.3 is 0 Å². The molecule has 0 aliphatic heterocycles. The first kappa shape index (κ1) is 18.1. The van der Waals surface area contributed by atoms with Gasteiger partial charge in [0.25, 0.3) is 5.56 Å². The van der Waals surface area contributed by atoms with Crippen LogP contribution in [-0.2, 0) is 5.41 Å². The Kier molecular flexibility index (Phi) is 4.94. The average Bonchev–Trinajstić information content (AvgIpc) is 2.71. The zero-order valence-corrected chi connectivity index (χ0v) is 15.8. The first-order chi connectivity index (χ1) is 13.1. The zero-order chi connectivity index (χ0) is 18.9. The molecular weight excluding hydrogens is 360 g/mol. The predicted octanol–water partition coefficient (Wildman–Crippen LogP) is 4.40. The first-order valence-electron chi connectivity index (χ1n) is 9.34. The zero-order valence-electron chi connectivity index (χ0n) is 15.1. The maximum atomic E-state index is 11.9. The van der Waals surface area contributed by atoms with E-state index in [0.717, 1.165) is 31.1 Å². The number of hydrogen-bond acceptors (Lipinski definition) is 3. The van der Waals surface area contributed by atoms with E-state index in [2.05, 4.69) is 29.2 Å². The summed E-state index contributed by atoms with van der Waals surface area (Å²) in [6.45, 7) is 0.642. The fourth-order valence-corrected chi connectivity index (χ4v) is 4.33. The third-order valence-electron chi connectivity index (χ3n) is 5.79. The molecule has 2 aromatic carbocycles. The fraction of sp³-hybridized carbons (Fsp3) is 0.318. The van der Waals surface area contributed by atoms with Gasteiger partial charge in [0.05, 0.1) is 11.1 Å². The summed E-state index contributed by atoms with van der Waals surface area (Å²) in [6, 6.07) is 15.9. The Bertz CT molecular complexity index is 992. The minimum atomic E-state index is -0.144. The molecule has 1 aliphatic rings. The molecule has 1 fully saturated rings. The van der Waals surface area contributed by atoms with Crippen LogP contribution in [0.5, 0.6) is 5.75 Å². The van der Waals surface area contributed by atoms with Crippen LogP contribution in [0.2, 0.25) is 5.02 Å². The number of ether oxygens (including phenoxy) is 1. The van der Waals surface area contributed by atoms with E-state index in [1.54, 1.807) is 12.3 Å². The van der Waals surface area contributed by atoms with E-state index in [1.165, 1.54) is 5.56 Å². The highest BCUT2D eigenvalue weighted by atomic mass is 35.5. The molecule has 0 spiro atoms. The van der Waals surface area contributed by atoms with Gasteiger partial charge in [-0.1, -0.05) is 41.9 Å². The smallest absolute Gasteiger partial charge is 0.255 e. The first-order valence-corrected chi connectivity index (χ1v) is 9.72. The van der Waals surface area contributed by atoms with Gasteiger partial charge in [0, 0.05) is 23.5 Å². The molecule has 1 heterocycles. The summed E-state index contributed by atoms with van der Waals surface area (Å²) in [5.74, 6) is 0.639. The van der Waals surface area contributed by atoms with Gasteiger partial charge in [0.15, 0.2) is 0 Å². The molecule has 4 nitrogen and oxygen atoms in total. The molecule has 0 amide bonds. The van der Waals surface area contributed by atoms with Crippen molar-refractivity contribution in [2.45, 2.75) is 37.2 Å². The van der Waals surface area contributed by atoms with Crippen molar-refractivity contribution >= 4 is 22.4 Å². The number of nitrogens with one attached hydrogen (secondary N) is 1. The van der Waals surface area contributed by atoms with Crippen LogP contribution in [0.1, 0.15) is 31.2 Å². The summed E-state index contributed by atoms with van der Waals surface area (Å²) in [4.78, 5) is 14.6. The van der Waals surface area contributed by atoms with E-state index in [1.807, 2.05) is 18.2 Å². The SMILES string of the molecule is NCC1(c2ccccc2)CCC(Oc2cc3cc[nH]c(=O)c3cc2Cl)CC1. The molecule has 140 valence electrons. The second-order valence-electron chi connectivity index (χ2n) is 7.34. The predicted molar refractivity (Wildman–Crippen MR) is 110 cm³/mol. The summed E-state index contributed by atoms with van der Waals surface area (Å²) in [5, 5.41) is 1.87. The number of fused-ring (bicyclic) bond motifs is 1. The Hall–Kier alpha value is -2.30. The summed E-state index contributed by atoms with van der Waals surface area (Å²) in [7, 11) is 0. The molecule has 4 rings (SSSR count). The topological polar surface area (TPSA) is 68.1 Å². The van der Waals surface area contributed by atoms with Gasteiger partial charge in [-0.15, -0.1) is 0 Å². The number of halogens is 1. The minimum absolute atomic E-state index is 0.0294. The molecule has 27 heavy (non-hydrogen) atoms. The van der Waals surface area contributed by atoms with E-state index in [0.29, 0.717) is 22.7 Å². The molecule has 1 aliphatic carbocycles. The number of nitrogens with two attached hydrogens (primary N) is 1. The molecule has 1 aromatic heterocycles. The fourth-order valence-electron chi connectivity index (χ4n) is 4.12. The lowest BCUT2D eigenvalue weighted by Crippen LogP contribution is -2.41.